The fourth-order valence-corrected chi connectivity index (χ4v) is 3.05. The standard InChI is InChI=1S/C14H18O2S/c1-11(15)8-12-4-2-5-13(9-12)16-14-6-3-7-17-10-14/h2,4-5,9,14H,3,6-8,10H2,1H3. The first-order chi connectivity index (χ1) is 8.24. The van der Waals surface area contributed by atoms with Crippen molar-refractivity contribution in [1.29, 1.82) is 0 Å². The smallest absolute Gasteiger partial charge is 0.134 e. The highest BCUT2D eigenvalue weighted by Crippen LogP contribution is 2.23. The molecule has 17 heavy (non-hydrogen) atoms. The Morgan fingerprint density at radius 2 is 2.41 bits per heavy atom. The van der Waals surface area contributed by atoms with Gasteiger partial charge >= 0.3 is 0 Å². The van der Waals surface area contributed by atoms with Crippen molar-refractivity contribution in [1.82, 2.24) is 0 Å². The van der Waals surface area contributed by atoms with Crippen molar-refractivity contribution in [2.75, 3.05) is 11.5 Å². The molecular formula is C14H18O2S. The van der Waals surface area contributed by atoms with E-state index >= 15 is 0 Å². The van der Waals surface area contributed by atoms with Crippen LogP contribution >= 0.6 is 11.8 Å². The quantitative estimate of drug-likeness (QED) is 0.821. The maximum absolute atomic E-state index is 11.1. The van der Waals surface area contributed by atoms with Crippen LogP contribution in [0.2, 0.25) is 0 Å². The molecule has 2 rings (SSSR count). The summed E-state index contributed by atoms with van der Waals surface area (Å²) in [6, 6.07) is 7.90. The number of Topliss-reactive ketones (excluding diaryl/α,β-unsaturated/α-hetero) is 1. The van der Waals surface area contributed by atoms with Crippen LogP contribution in [-0.2, 0) is 11.2 Å². The van der Waals surface area contributed by atoms with Crippen LogP contribution in [0.1, 0.15) is 25.3 Å². The van der Waals surface area contributed by atoms with Gasteiger partial charge in [-0.25, -0.2) is 0 Å². The SMILES string of the molecule is CC(=O)Cc1cccc(OC2CCCSC2)c1. The lowest BCUT2D eigenvalue weighted by Crippen LogP contribution is -2.23. The third-order valence-corrected chi connectivity index (χ3v) is 3.96. The molecule has 92 valence electrons. The molecule has 1 aliphatic heterocycles. The van der Waals surface area contributed by atoms with Crippen LogP contribution in [0.3, 0.4) is 0 Å². The number of ketones is 1. The minimum Gasteiger partial charge on any atom is -0.490 e. The Balaban J connectivity index is 1.97. The van der Waals surface area contributed by atoms with E-state index in [-0.39, 0.29) is 5.78 Å². The summed E-state index contributed by atoms with van der Waals surface area (Å²) in [7, 11) is 0. The highest BCUT2D eigenvalue weighted by Gasteiger charge is 2.15. The largest absolute Gasteiger partial charge is 0.490 e. The molecule has 2 nitrogen and oxygen atoms in total. The minimum absolute atomic E-state index is 0.190. The van der Waals surface area contributed by atoms with E-state index in [2.05, 4.69) is 0 Å². The van der Waals surface area contributed by atoms with Gasteiger partial charge in [-0.1, -0.05) is 12.1 Å². The van der Waals surface area contributed by atoms with Crippen molar-refractivity contribution < 1.29 is 9.53 Å². The van der Waals surface area contributed by atoms with Crippen LogP contribution in [0.15, 0.2) is 24.3 Å². The van der Waals surface area contributed by atoms with E-state index in [4.69, 9.17) is 4.74 Å². The van der Waals surface area contributed by atoms with Gasteiger partial charge in [0.2, 0.25) is 0 Å². The van der Waals surface area contributed by atoms with Crippen LogP contribution in [0.25, 0.3) is 0 Å². The molecule has 1 aromatic carbocycles. The summed E-state index contributed by atoms with van der Waals surface area (Å²) in [5, 5.41) is 0. The van der Waals surface area contributed by atoms with Crippen molar-refractivity contribution in [2.24, 2.45) is 0 Å². The number of benzene rings is 1. The molecule has 0 N–H and O–H groups in total. The molecule has 0 saturated carbocycles. The summed E-state index contributed by atoms with van der Waals surface area (Å²) in [6.07, 6.45) is 3.21. The lowest BCUT2D eigenvalue weighted by Gasteiger charge is -2.22. The van der Waals surface area contributed by atoms with Crippen LogP contribution in [0, 0.1) is 0 Å². The first kappa shape index (κ1) is 12.5. The molecular weight excluding hydrogens is 232 g/mol. The second-order valence-corrected chi connectivity index (χ2v) is 5.63. The van der Waals surface area contributed by atoms with Gasteiger partial charge in [-0.2, -0.15) is 11.8 Å². The monoisotopic (exact) mass is 250 g/mol. The molecule has 3 heteroatoms. The number of thioether (sulfide) groups is 1. The minimum atomic E-state index is 0.190. The zero-order chi connectivity index (χ0) is 12.1. The normalized spacial score (nSPS) is 19.9. The van der Waals surface area contributed by atoms with Gasteiger partial charge in [0.05, 0.1) is 0 Å². The summed E-state index contributed by atoms with van der Waals surface area (Å²) in [6.45, 7) is 1.62. The molecule has 0 bridgehead atoms. The van der Waals surface area contributed by atoms with Gasteiger partial charge in [0.15, 0.2) is 0 Å². The summed E-state index contributed by atoms with van der Waals surface area (Å²) in [5.74, 6) is 3.42. The molecule has 1 heterocycles. The molecule has 1 aliphatic rings. The van der Waals surface area contributed by atoms with Crippen LogP contribution < -0.4 is 4.74 Å². The van der Waals surface area contributed by atoms with Crippen molar-refractivity contribution in [3.8, 4) is 5.75 Å². The second-order valence-electron chi connectivity index (χ2n) is 4.48. The van der Waals surface area contributed by atoms with E-state index in [1.54, 1.807) is 6.92 Å². The van der Waals surface area contributed by atoms with Gasteiger partial charge in [-0.15, -0.1) is 0 Å². The highest BCUT2D eigenvalue weighted by molar-refractivity contribution is 7.99. The Hall–Kier alpha value is -0.960. The Morgan fingerprint density at radius 1 is 1.53 bits per heavy atom. The van der Waals surface area contributed by atoms with Gasteiger partial charge in [0.25, 0.3) is 0 Å². The molecule has 0 amide bonds. The number of carbonyl (C=O) groups excluding carboxylic acids is 1. The summed E-state index contributed by atoms with van der Waals surface area (Å²) < 4.78 is 5.95. The first-order valence-corrected chi connectivity index (χ1v) is 7.22. The number of rotatable bonds is 4. The van der Waals surface area contributed by atoms with E-state index in [0.29, 0.717) is 12.5 Å². The van der Waals surface area contributed by atoms with Gasteiger partial charge in [0, 0.05) is 12.2 Å². The number of ether oxygens (including phenoxy) is 1. The Kier molecular flexibility index (Phi) is 4.49. The number of carbonyl (C=O) groups is 1. The number of hydrogen-bond donors (Lipinski definition) is 0. The van der Waals surface area contributed by atoms with Crippen LogP contribution in [0.5, 0.6) is 5.75 Å². The van der Waals surface area contributed by atoms with Gasteiger partial charge < -0.3 is 4.74 Å². The highest BCUT2D eigenvalue weighted by atomic mass is 32.2. The predicted octanol–water partition coefficient (Wildman–Crippen LogP) is 3.09. The third-order valence-electron chi connectivity index (χ3n) is 2.77. The first-order valence-electron chi connectivity index (χ1n) is 6.07. The molecule has 0 aliphatic carbocycles. The van der Waals surface area contributed by atoms with Crippen molar-refractivity contribution in [3.05, 3.63) is 29.8 Å². The van der Waals surface area contributed by atoms with Gasteiger partial charge in [0.1, 0.15) is 17.6 Å². The molecule has 0 spiro atoms. The summed E-state index contributed by atoms with van der Waals surface area (Å²) >= 11 is 1.96. The average Bonchev–Trinajstić information content (AvgIpc) is 2.30. The summed E-state index contributed by atoms with van der Waals surface area (Å²) in [4.78, 5) is 11.1. The molecule has 1 unspecified atom stereocenters. The van der Waals surface area contributed by atoms with Crippen molar-refractivity contribution in [2.45, 2.75) is 32.3 Å². The molecule has 0 radical (unpaired) electrons. The van der Waals surface area contributed by atoms with E-state index in [0.717, 1.165) is 23.5 Å². The lowest BCUT2D eigenvalue weighted by molar-refractivity contribution is -0.116. The fraction of sp³-hybridized carbons (Fsp3) is 0.500. The maximum atomic E-state index is 11.1. The Morgan fingerprint density at radius 3 is 3.12 bits per heavy atom. The molecule has 1 atom stereocenters. The zero-order valence-corrected chi connectivity index (χ0v) is 11.0. The molecule has 1 fully saturated rings. The van der Waals surface area contributed by atoms with E-state index < -0.39 is 0 Å². The Bertz CT molecular complexity index is 384. The maximum Gasteiger partial charge on any atom is 0.134 e. The summed E-state index contributed by atoms with van der Waals surface area (Å²) in [5.41, 5.74) is 1.04. The van der Waals surface area contributed by atoms with E-state index in [1.165, 1.54) is 12.2 Å². The van der Waals surface area contributed by atoms with Crippen molar-refractivity contribution in [3.63, 3.8) is 0 Å². The average molecular weight is 250 g/mol. The van der Waals surface area contributed by atoms with E-state index in [9.17, 15) is 4.79 Å². The third kappa shape index (κ3) is 4.08. The zero-order valence-electron chi connectivity index (χ0n) is 10.1. The second kappa shape index (κ2) is 6.10. The fourth-order valence-electron chi connectivity index (χ4n) is 2.01. The predicted molar refractivity (Wildman–Crippen MR) is 71.8 cm³/mol. The van der Waals surface area contributed by atoms with Crippen LogP contribution in [0.4, 0.5) is 0 Å². The molecule has 0 aromatic heterocycles. The van der Waals surface area contributed by atoms with Crippen LogP contribution in [-0.4, -0.2) is 23.4 Å². The van der Waals surface area contributed by atoms with Gasteiger partial charge in [-0.3, -0.25) is 4.79 Å². The Labute approximate surface area is 107 Å². The molecule has 1 saturated heterocycles. The molecule has 1 aromatic rings. The van der Waals surface area contributed by atoms with Gasteiger partial charge in [-0.05, 0) is 43.2 Å². The van der Waals surface area contributed by atoms with E-state index in [1.807, 2.05) is 36.0 Å². The topological polar surface area (TPSA) is 26.3 Å². The number of hydrogen-bond acceptors (Lipinski definition) is 3. The van der Waals surface area contributed by atoms with Crippen molar-refractivity contribution >= 4 is 17.5 Å². The lowest BCUT2D eigenvalue weighted by atomic mass is 10.1.